The van der Waals surface area contributed by atoms with Gasteiger partial charge in [0.15, 0.2) is 0 Å². The average Bonchev–Trinajstić information content (AvgIpc) is 2.33. The number of amides is 1. The maximum atomic E-state index is 11.5. The van der Waals surface area contributed by atoms with Crippen LogP contribution in [0.3, 0.4) is 0 Å². The topological polar surface area (TPSA) is 38.3 Å². The average molecular weight is 389 g/mol. The van der Waals surface area contributed by atoms with Crippen molar-refractivity contribution in [1.82, 2.24) is 5.32 Å². The molecule has 0 aliphatic rings. The van der Waals surface area contributed by atoms with Gasteiger partial charge in [0.2, 0.25) is 0 Å². The molecule has 0 saturated heterocycles. The lowest BCUT2D eigenvalue weighted by Crippen LogP contribution is -2.32. The first-order valence-corrected chi connectivity index (χ1v) is 9.11. The summed E-state index contributed by atoms with van der Waals surface area (Å²) in [6, 6.07) is 7.76. The molecular formula is C14H16INO2S. The number of benzene rings is 1. The van der Waals surface area contributed by atoms with Gasteiger partial charge in [0, 0.05) is 33.3 Å². The van der Waals surface area contributed by atoms with Gasteiger partial charge in [-0.3, -0.25) is 0 Å². The summed E-state index contributed by atoms with van der Waals surface area (Å²) in [5.41, 5.74) is 1.50. The zero-order chi connectivity index (χ0) is 14.3. The number of hydrogen-bond donors (Lipinski definition) is 1. The van der Waals surface area contributed by atoms with Crippen LogP contribution >= 0.6 is 30.1 Å². The molecule has 1 amide bonds. The fourth-order valence-corrected chi connectivity index (χ4v) is 1.76. The second-order valence-corrected chi connectivity index (χ2v) is 6.54. The Labute approximate surface area is 130 Å². The van der Waals surface area contributed by atoms with E-state index < -0.39 is 11.7 Å². The van der Waals surface area contributed by atoms with Crippen molar-refractivity contribution in [3.63, 3.8) is 0 Å². The van der Waals surface area contributed by atoms with E-state index in [0.717, 1.165) is 11.1 Å². The lowest BCUT2D eigenvalue weighted by atomic mass is 10.1. The third-order valence-corrected chi connectivity index (χ3v) is 2.86. The van der Waals surface area contributed by atoms with Crippen molar-refractivity contribution in [2.45, 2.75) is 32.9 Å². The zero-order valence-electron chi connectivity index (χ0n) is 11.1. The summed E-state index contributed by atoms with van der Waals surface area (Å²) in [6.45, 7) is 5.96. The number of rotatable bonds is 2. The van der Waals surface area contributed by atoms with Gasteiger partial charge in [-0.1, -0.05) is 18.1 Å². The Morgan fingerprint density at radius 2 is 2.00 bits per heavy atom. The second kappa shape index (κ2) is 7.65. The molecule has 1 rings (SSSR count). The smallest absolute Gasteiger partial charge is 0.407 e. The predicted octanol–water partition coefficient (Wildman–Crippen LogP) is 4.10. The molecule has 102 valence electrons. The van der Waals surface area contributed by atoms with Crippen molar-refractivity contribution in [1.29, 1.82) is 0 Å². The van der Waals surface area contributed by atoms with Crippen molar-refractivity contribution >= 4 is 36.2 Å². The summed E-state index contributed by atoms with van der Waals surface area (Å²) < 4.78 is 5.16. The first kappa shape index (κ1) is 16.2. The van der Waals surface area contributed by atoms with Crippen LogP contribution in [0.25, 0.3) is 0 Å². The van der Waals surface area contributed by atoms with Gasteiger partial charge < -0.3 is 10.1 Å². The number of ether oxygens (including phenoxy) is 1. The minimum absolute atomic E-state index is 0.405. The molecule has 0 aliphatic carbocycles. The Kier molecular flexibility index (Phi) is 6.52. The number of carbonyl (C=O) groups excluding carboxylic acids is 1. The normalized spacial score (nSPS) is 10.3. The van der Waals surface area contributed by atoms with Gasteiger partial charge in [0.25, 0.3) is 0 Å². The Morgan fingerprint density at radius 3 is 2.53 bits per heavy atom. The molecule has 5 heteroatoms. The van der Waals surface area contributed by atoms with Crippen LogP contribution in [-0.4, -0.2) is 11.7 Å². The third kappa shape index (κ3) is 7.33. The van der Waals surface area contributed by atoms with Gasteiger partial charge in [-0.05, 0) is 52.7 Å². The van der Waals surface area contributed by atoms with Crippen LogP contribution in [0.2, 0.25) is 0 Å². The Hall–Kier alpha value is -0.870. The number of alkyl carbamates (subject to hydrolysis) is 1. The molecule has 0 aromatic heterocycles. The number of halogens is 1. The molecule has 0 bridgehead atoms. The van der Waals surface area contributed by atoms with Crippen molar-refractivity contribution in [3.8, 4) is 11.2 Å². The molecule has 3 nitrogen and oxygen atoms in total. The van der Waals surface area contributed by atoms with E-state index in [-0.39, 0.29) is 0 Å². The van der Waals surface area contributed by atoms with Gasteiger partial charge in [-0.2, -0.15) is 0 Å². The summed E-state index contributed by atoms with van der Waals surface area (Å²) in [5.74, 6) is 3.01. The van der Waals surface area contributed by atoms with Crippen LogP contribution in [-0.2, 0) is 11.3 Å². The summed E-state index contributed by atoms with van der Waals surface area (Å²) in [4.78, 5) is 11.5. The molecule has 0 fully saturated rings. The van der Waals surface area contributed by atoms with Gasteiger partial charge in [0.05, 0.1) is 0 Å². The fourth-order valence-electron chi connectivity index (χ4n) is 1.27. The summed E-state index contributed by atoms with van der Waals surface area (Å²) in [7, 11) is 1.46. The molecular weight excluding hydrogens is 373 g/mol. The lowest BCUT2D eigenvalue weighted by molar-refractivity contribution is 0.0523. The SMILES string of the molecule is CC(C)(C)OC(=O)NCc1ccc(C#CSI)cc1. The van der Waals surface area contributed by atoms with E-state index in [0.29, 0.717) is 6.54 Å². The van der Waals surface area contributed by atoms with Crippen LogP contribution in [0.4, 0.5) is 4.79 Å². The number of hydrogen-bond acceptors (Lipinski definition) is 3. The van der Waals surface area contributed by atoms with Gasteiger partial charge in [-0.15, -0.1) is 0 Å². The highest BCUT2D eigenvalue weighted by Crippen LogP contribution is 2.09. The Morgan fingerprint density at radius 1 is 1.37 bits per heavy atom. The van der Waals surface area contributed by atoms with Crippen LogP contribution in [0.5, 0.6) is 0 Å². The maximum Gasteiger partial charge on any atom is 0.407 e. The number of nitrogens with one attached hydrogen (secondary N) is 1. The molecule has 19 heavy (non-hydrogen) atoms. The fraction of sp³-hybridized carbons (Fsp3) is 0.357. The molecule has 0 atom stereocenters. The highest BCUT2D eigenvalue weighted by atomic mass is 127. The molecule has 0 unspecified atom stereocenters. The zero-order valence-corrected chi connectivity index (χ0v) is 14.1. The van der Waals surface area contributed by atoms with Crippen LogP contribution < -0.4 is 5.32 Å². The second-order valence-electron chi connectivity index (χ2n) is 4.86. The summed E-state index contributed by atoms with van der Waals surface area (Å²) in [6.07, 6.45) is -0.405. The molecule has 1 N–H and O–H groups in total. The first-order chi connectivity index (χ1) is 8.90. The van der Waals surface area contributed by atoms with E-state index in [4.69, 9.17) is 4.74 Å². The number of carbonyl (C=O) groups is 1. The molecule has 1 aromatic carbocycles. The van der Waals surface area contributed by atoms with Crippen molar-refractivity contribution < 1.29 is 9.53 Å². The van der Waals surface area contributed by atoms with Crippen LogP contribution in [0.15, 0.2) is 24.3 Å². The van der Waals surface area contributed by atoms with E-state index in [1.807, 2.05) is 45.0 Å². The van der Waals surface area contributed by atoms with Crippen molar-refractivity contribution in [3.05, 3.63) is 35.4 Å². The van der Waals surface area contributed by atoms with Gasteiger partial charge in [-0.25, -0.2) is 4.79 Å². The van der Waals surface area contributed by atoms with E-state index in [1.54, 1.807) is 0 Å². The van der Waals surface area contributed by atoms with Gasteiger partial charge >= 0.3 is 6.09 Å². The largest absolute Gasteiger partial charge is 0.444 e. The summed E-state index contributed by atoms with van der Waals surface area (Å²) in [5, 5.41) is 5.64. The molecule has 0 aliphatic heterocycles. The van der Waals surface area contributed by atoms with E-state index in [1.165, 1.54) is 8.93 Å². The first-order valence-electron chi connectivity index (χ1n) is 5.75. The molecule has 0 radical (unpaired) electrons. The minimum atomic E-state index is -0.472. The Balaban J connectivity index is 2.48. The van der Waals surface area contributed by atoms with Crippen LogP contribution in [0, 0.1) is 11.2 Å². The summed E-state index contributed by atoms with van der Waals surface area (Å²) >= 11 is 2.13. The molecule has 0 heterocycles. The minimum Gasteiger partial charge on any atom is -0.444 e. The maximum absolute atomic E-state index is 11.5. The van der Waals surface area contributed by atoms with Gasteiger partial charge in [0.1, 0.15) is 5.60 Å². The van der Waals surface area contributed by atoms with E-state index >= 15 is 0 Å². The highest BCUT2D eigenvalue weighted by Gasteiger charge is 2.15. The van der Waals surface area contributed by atoms with Crippen molar-refractivity contribution in [2.24, 2.45) is 0 Å². The predicted molar refractivity (Wildman–Crippen MR) is 88.0 cm³/mol. The Bertz CT molecular complexity index is 483. The highest BCUT2D eigenvalue weighted by molar-refractivity contribution is 14.2. The van der Waals surface area contributed by atoms with Crippen LogP contribution in [0.1, 0.15) is 31.9 Å². The quantitative estimate of drug-likeness (QED) is 0.612. The van der Waals surface area contributed by atoms with E-state index in [9.17, 15) is 4.79 Å². The molecule has 1 aromatic rings. The standard InChI is InChI=1S/C14H16INO2S/c1-14(2,3)18-13(17)16-10-12-6-4-11(5-7-12)8-9-19-15/h4-7H,10H2,1-3H3,(H,16,17). The molecule has 0 saturated carbocycles. The molecule has 0 spiro atoms. The van der Waals surface area contributed by atoms with E-state index in [2.05, 4.69) is 37.7 Å². The lowest BCUT2D eigenvalue weighted by Gasteiger charge is -2.19. The van der Waals surface area contributed by atoms with Crippen molar-refractivity contribution in [2.75, 3.05) is 0 Å². The monoisotopic (exact) mass is 389 g/mol. The third-order valence-electron chi connectivity index (χ3n) is 2.02.